The van der Waals surface area contributed by atoms with E-state index in [1.807, 2.05) is 35.2 Å². The van der Waals surface area contributed by atoms with E-state index in [1.54, 1.807) is 6.08 Å². The van der Waals surface area contributed by atoms with Crippen molar-refractivity contribution in [3.63, 3.8) is 0 Å². The number of hydrogen-bond donors (Lipinski definition) is 1. The van der Waals surface area contributed by atoms with Crippen LogP contribution in [0.15, 0.2) is 36.9 Å². The number of alkyl halides is 1. The highest BCUT2D eigenvalue weighted by Crippen LogP contribution is 2.21. The summed E-state index contributed by atoms with van der Waals surface area (Å²) in [6, 6.07) is 7.96. The Bertz CT molecular complexity index is 569. The van der Waals surface area contributed by atoms with Gasteiger partial charge in [-0.1, -0.05) is 37.6 Å². The molecule has 0 bridgehead atoms. The van der Waals surface area contributed by atoms with E-state index in [0.29, 0.717) is 0 Å². The van der Waals surface area contributed by atoms with Gasteiger partial charge in [0.25, 0.3) is 0 Å². The summed E-state index contributed by atoms with van der Waals surface area (Å²) < 4.78 is 2.14. The summed E-state index contributed by atoms with van der Waals surface area (Å²) in [6.07, 6.45) is 2.78. The van der Waals surface area contributed by atoms with Crippen LogP contribution in [-0.2, 0) is 11.2 Å². The number of nitrogens with one attached hydrogen (secondary N) is 1. The van der Waals surface area contributed by atoms with Gasteiger partial charge in [0.15, 0.2) is 0 Å². The van der Waals surface area contributed by atoms with Crippen LogP contribution in [0.1, 0.15) is 19.4 Å². The molecule has 0 spiro atoms. The molecule has 0 aliphatic carbocycles. The molecule has 1 rings (SSSR count). The van der Waals surface area contributed by atoms with Gasteiger partial charge in [-0.25, -0.2) is 0 Å². The molecule has 2 unspecified atom stereocenters. The topological polar surface area (TPSA) is 29.1 Å². The lowest BCUT2D eigenvalue weighted by Gasteiger charge is -2.15. The number of aryl methyl sites for hydroxylation is 1. The standard InChI is InChI=1S/C17H21INOP/c1-4-7-15(18-12-5-2)16(21)17(20)19-14-10-8-13(6-3)9-11-14/h5,8-12,15-16H,2,6,21H2,1,3H3,(H,19,20)/t15?,16-/m1/s1. The smallest absolute Gasteiger partial charge is 0.233 e. The molecule has 1 aromatic carbocycles. The lowest BCUT2D eigenvalue weighted by atomic mass is 10.1. The summed E-state index contributed by atoms with van der Waals surface area (Å²) >= 11 is -0.304. The molecule has 0 radical (unpaired) electrons. The van der Waals surface area contributed by atoms with Crippen LogP contribution < -0.4 is 5.32 Å². The highest BCUT2D eigenvalue weighted by Gasteiger charge is 2.21. The van der Waals surface area contributed by atoms with E-state index in [1.165, 1.54) is 5.56 Å². The maximum atomic E-state index is 12.3. The Labute approximate surface area is 139 Å². The molecule has 21 heavy (non-hydrogen) atoms. The third-order valence-electron chi connectivity index (χ3n) is 2.83. The zero-order chi connectivity index (χ0) is 15.7. The van der Waals surface area contributed by atoms with E-state index >= 15 is 0 Å². The van der Waals surface area contributed by atoms with Crippen molar-refractivity contribution in [3.05, 3.63) is 42.5 Å². The molecule has 0 heterocycles. The zero-order valence-electron chi connectivity index (χ0n) is 12.4. The summed E-state index contributed by atoms with van der Waals surface area (Å²) in [7, 11) is 2.63. The number of carbonyl (C=O) groups excluding carboxylic acids is 1. The third kappa shape index (κ3) is 6.11. The highest BCUT2D eigenvalue weighted by molar-refractivity contribution is 14.2. The fourth-order valence-corrected chi connectivity index (χ4v) is 4.40. The molecular formula is C17H21INOP. The van der Waals surface area contributed by atoms with Crippen molar-refractivity contribution in [2.24, 2.45) is 0 Å². The molecule has 0 aliphatic rings. The van der Waals surface area contributed by atoms with E-state index in [0.717, 1.165) is 12.1 Å². The van der Waals surface area contributed by atoms with Gasteiger partial charge in [-0.05, 0) is 35.1 Å². The first-order chi connectivity index (χ1) is 10.1. The van der Waals surface area contributed by atoms with Crippen molar-refractivity contribution in [3.8, 4) is 11.8 Å². The van der Waals surface area contributed by atoms with E-state index in [2.05, 4.69) is 39.9 Å². The van der Waals surface area contributed by atoms with Crippen molar-refractivity contribution in [2.45, 2.75) is 29.9 Å². The van der Waals surface area contributed by atoms with Crippen molar-refractivity contribution < 1.29 is 4.79 Å². The lowest BCUT2D eigenvalue weighted by molar-refractivity contribution is -0.115. The molecule has 0 aliphatic heterocycles. The van der Waals surface area contributed by atoms with Gasteiger partial charge >= 0.3 is 0 Å². The molecule has 0 saturated heterocycles. The molecule has 0 fully saturated rings. The van der Waals surface area contributed by atoms with Crippen LogP contribution in [0.3, 0.4) is 0 Å². The second-order valence-electron chi connectivity index (χ2n) is 4.35. The van der Waals surface area contributed by atoms with Gasteiger partial charge in [0.05, 0.1) is 9.58 Å². The molecule has 2 nitrogen and oxygen atoms in total. The number of hydrogen-bond acceptors (Lipinski definition) is 1. The molecule has 4 heteroatoms. The molecule has 0 saturated carbocycles. The van der Waals surface area contributed by atoms with Gasteiger partial charge in [0.2, 0.25) is 5.91 Å². The Balaban J connectivity index is 2.76. The Morgan fingerprint density at radius 1 is 1.48 bits per heavy atom. The number of benzene rings is 1. The maximum Gasteiger partial charge on any atom is 0.233 e. The van der Waals surface area contributed by atoms with Crippen LogP contribution in [0.2, 0.25) is 0 Å². The number of carbonyl (C=O) groups is 1. The molecule has 112 valence electrons. The normalized spacial score (nSPS) is 13.5. The van der Waals surface area contributed by atoms with Gasteiger partial charge < -0.3 is 5.32 Å². The van der Waals surface area contributed by atoms with Crippen LogP contribution in [0, 0.1) is 11.8 Å². The quantitative estimate of drug-likeness (QED) is 0.327. The second-order valence-corrected chi connectivity index (χ2v) is 7.85. The molecular weight excluding hydrogens is 392 g/mol. The van der Waals surface area contributed by atoms with E-state index < -0.39 is 0 Å². The van der Waals surface area contributed by atoms with Crippen molar-refractivity contribution in [2.75, 3.05) is 5.32 Å². The number of amides is 1. The van der Waals surface area contributed by atoms with Gasteiger partial charge in [-0.2, -0.15) is 0 Å². The predicted molar refractivity (Wildman–Crippen MR) is 105 cm³/mol. The fraction of sp³-hybridized carbons (Fsp3) is 0.294. The Morgan fingerprint density at radius 3 is 2.67 bits per heavy atom. The summed E-state index contributed by atoms with van der Waals surface area (Å²) in [5.41, 5.74) is 1.89. The van der Waals surface area contributed by atoms with E-state index in [-0.39, 0.29) is 36.2 Å². The van der Waals surface area contributed by atoms with Crippen LogP contribution >= 0.6 is 30.0 Å². The molecule has 0 aromatic heterocycles. The van der Waals surface area contributed by atoms with Crippen LogP contribution in [0.4, 0.5) is 5.69 Å². The second kappa shape index (κ2) is 9.87. The minimum Gasteiger partial charge on any atom is -0.325 e. The Kier molecular flexibility index (Phi) is 8.49. The van der Waals surface area contributed by atoms with Gasteiger partial charge in [0.1, 0.15) is 0 Å². The Hall–Kier alpha value is -0.980. The van der Waals surface area contributed by atoms with E-state index in [4.69, 9.17) is 0 Å². The zero-order valence-corrected chi connectivity index (χ0v) is 15.7. The number of rotatable bonds is 6. The summed E-state index contributed by atoms with van der Waals surface area (Å²) in [6.45, 7) is 7.62. The monoisotopic (exact) mass is 413 g/mol. The summed E-state index contributed by atoms with van der Waals surface area (Å²) in [5, 5.41) is 2.96. The SMILES string of the molecule is C=CC=IC(C#CC)[C@@H](P)C(=O)Nc1ccc(CC)cc1. The largest absolute Gasteiger partial charge is 0.325 e. The maximum absolute atomic E-state index is 12.3. The summed E-state index contributed by atoms with van der Waals surface area (Å²) in [4.78, 5) is 12.3. The van der Waals surface area contributed by atoms with Crippen LogP contribution in [0.5, 0.6) is 0 Å². The van der Waals surface area contributed by atoms with Crippen LogP contribution in [-0.4, -0.2) is 19.5 Å². The van der Waals surface area contributed by atoms with Crippen molar-refractivity contribution >= 4 is 45.6 Å². The average molecular weight is 413 g/mol. The first kappa shape index (κ1) is 18.1. The van der Waals surface area contributed by atoms with Gasteiger partial charge in [0, 0.05) is 5.69 Å². The number of allylic oxidation sites excluding steroid dienone is 1. The molecule has 3 atom stereocenters. The molecule has 1 N–H and O–H groups in total. The molecule has 1 amide bonds. The first-order valence-corrected chi connectivity index (χ1v) is 9.92. The average Bonchev–Trinajstić information content (AvgIpc) is 2.51. The number of anilines is 1. The van der Waals surface area contributed by atoms with Crippen LogP contribution in [0.25, 0.3) is 0 Å². The highest BCUT2D eigenvalue weighted by atomic mass is 127. The summed E-state index contributed by atoms with van der Waals surface area (Å²) in [5.74, 6) is 6.06. The molecule has 1 aromatic rings. The predicted octanol–water partition coefficient (Wildman–Crippen LogP) is 3.78. The van der Waals surface area contributed by atoms with Gasteiger partial charge in [-0.15, -0.1) is 35.9 Å². The minimum absolute atomic E-state index is 0.00541. The fourth-order valence-electron chi connectivity index (χ4n) is 1.65. The number of halogens is 1. The van der Waals surface area contributed by atoms with Crippen molar-refractivity contribution in [1.29, 1.82) is 0 Å². The first-order valence-electron chi connectivity index (χ1n) is 6.76. The van der Waals surface area contributed by atoms with E-state index in [9.17, 15) is 4.79 Å². The third-order valence-corrected chi connectivity index (χ3v) is 7.08. The minimum atomic E-state index is -0.304. The Morgan fingerprint density at radius 2 is 2.14 bits per heavy atom. The van der Waals surface area contributed by atoms with Gasteiger partial charge in [-0.3, -0.25) is 4.79 Å². The lowest BCUT2D eigenvalue weighted by Crippen LogP contribution is -2.29. The van der Waals surface area contributed by atoms with Crippen molar-refractivity contribution in [1.82, 2.24) is 0 Å².